The molecule has 98 valence electrons. The van der Waals surface area contributed by atoms with Crippen LogP contribution in [-0.2, 0) is 6.54 Å². The van der Waals surface area contributed by atoms with E-state index in [4.69, 9.17) is 0 Å². The number of carbonyl (C=O) groups is 1. The lowest BCUT2D eigenvalue weighted by molar-refractivity contribution is 0.0949. The smallest absolute Gasteiger partial charge is 0.254 e. The first-order valence-corrected chi connectivity index (χ1v) is 6.20. The molecule has 0 spiro atoms. The van der Waals surface area contributed by atoms with Gasteiger partial charge in [0.15, 0.2) is 11.6 Å². The van der Waals surface area contributed by atoms with Crippen molar-refractivity contribution in [3.05, 3.63) is 63.9 Å². The number of hydrogen-bond acceptors (Lipinski definition) is 2. The molecular formula is C13H9BrF2N2O. The van der Waals surface area contributed by atoms with Gasteiger partial charge in [-0.25, -0.2) is 13.8 Å². The summed E-state index contributed by atoms with van der Waals surface area (Å²) in [4.78, 5) is 15.8. The minimum Gasteiger partial charge on any atom is -0.348 e. The SMILES string of the molecule is O=C(NCc1ccc(F)c(F)c1)c1cccnc1Br. The summed E-state index contributed by atoms with van der Waals surface area (Å²) >= 11 is 3.16. The van der Waals surface area contributed by atoms with Crippen molar-refractivity contribution in [2.75, 3.05) is 0 Å². The Kier molecular flexibility index (Phi) is 4.21. The Labute approximate surface area is 116 Å². The lowest BCUT2D eigenvalue weighted by Crippen LogP contribution is -2.23. The molecule has 2 aromatic rings. The molecule has 1 N–H and O–H groups in total. The first-order valence-electron chi connectivity index (χ1n) is 5.40. The van der Waals surface area contributed by atoms with Crippen molar-refractivity contribution in [1.29, 1.82) is 0 Å². The van der Waals surface area contributed by atoms with E-state index < -0.39 is 11.6 Å². The molecular weight excluding hydrogens is 318 g/mol. The van der Waals surface area contributed by atoms with Crippen molar-refractivity contribution in [1.82, 2.24) is 10.3 Å². The molecule has 0 radical (unpaired) electrons. The Morgan fingerprint density at radius 3 is 2.74 bits per heavy atom. The summed E-state index contributed by atoms with van der Waals surface area (Å²) in [6.07, 6.45) is 1.55. The lowest BCUT2D eigenvalue weighted by Gasteiger charge is -2.06. The molecule has 2 rings (SSSR count). The van der Waals surface area contributed by atoms with Crippen LogP contribution in [0.3, 0.4) is 0 Å². The van der Waals surface area contributed by atoms with Gasteiger partial charge in [-0.15, -0.1) is 0 Å². The lowest BCUT2D eigenvalue weighted by atomic mass is 10.2. The van der Waals surface area contributed by atoms with Crippen LogP contribution in [-0.4, -0.2) is 10.9 Å². The van der Waals surface area contributed by atoms with Crippen LogP contribution in [0, 0.1) is 11.6 Å². The molecule has 0 aliphatic heterocycles. The molecule has 3 nitrogen and oxygen atoms in total. The van der Waals surface area contributed by atoms with E-state index in [9.17, 15) is 13.6 Å². The predicted octanol–water partition coefficient (Wildman–Crippen LogP) is 3.05. The van der Waals surface area contributed by atoms with Crippen LogP contribution in [0.4, 0.5) is 8.78 Å². The topological polar surface area (TPSA) is 42.0 Å². The number of halogens is 3. The fraction of sp³-hybridized carbons (Fsp3) is 0.0769. The third-order valence-corrected chi connectivity index (χ3v) is 3.07. The molecule has 6 heteroatoms. The molecule has 0 saturated heterocycles. The number of rotatable bonds is 3. The number of aromatic nitrogens is 1. The van der Waals surface area contributed by atoms with Gasteiger partial charge in [-0.1, -0.05) is 6.07 Å². The Bertz CT molecular complexity index is 619. The fourth-order valence-electron chi connectivity index (χ4n) is 1.48. The molecule has 0 bridgehead atoms. The maximum atomic E-state index is 13.0. The van der Waals surface area contributed by atoms with Crippen molar-refractivity contribution in [3.8, 4) is 0 Å². The number of nitrogens with zero attached hydrogens (tertiary/aromatic N) is 1. The van der Waals surface area contributed by atoms with Crippen LogP contribution in [0.2, 0.25) is 0 Å². The van der Waals surface area contributed by atoms with E-state index >= 15 is 0 Å². The highest BCUT2D eigenvalue weighted by molar-refractivity contribution is 9.10. The predicted molar refractivity (Wildman–Crippen MR) is 69.5 cm³/mol. The van der Waals surface area contributed by atoms with Gasteiger partial charge in [-0.3, -0.25) is 4.79 Å². The molecule has 0 saturated carbocycles. The van der Waals surface area contributed by atoms with E-state index in [1.165, 1.54) is 6.07 Å². The highest BCUT2D eigenvalue weighted by Crippen LogP contribution is 2.13. The van der Waals surface area contributed by atoms with Crippen molar-refractivity contribution in [2.45, 2.75) is 6.54 Å². The maximum Gasteiger partial charge on any atom is 0.254 e. The number of nitrogens with one attached hydrogen (secondary N) is 1. The van der Waals surface area contributed by atoms with Gasteiger partial charge in [0, 0.05) is 12.7 Å². The molecule has 0 unspecified atom stereocenters. The number of amides is 1. The van der Waals surface area contributed by atoms with E-state index in [0.717, 1.165) is 12.1 Å². The van der Waals surface area contributed by atoms with Crippen LogP contribution in [0.25, 0.3) is 0 Å². The fourth-order valence-corrected chi connectivity index (χ4v) is 1.91. The molecule has 1 heterocycles. The van der Waals surface area contributed by atoms with Crippen molar-refractivity contribution >= 4 is 21.8 Å². The maximum absolute atomic E-state index is 13.0. The normalized spacial score (nSPS) is 10.3. The van der Waals surface area contributed by atoms with E-state index in [2.05, 4.69) is 26.2 Å². The van der Waals surface area contributed by atoms with Gasteiger partial charge in [-0.2, -0.15) is 0 Å². The molecule has 1 aromatic carbocycles. The van der Waals surface area contributed by atoms with E-state index in [0.29, 0.717) is 15.7 Å². The number of benzene rings is 1. The summed E-state index contributed by atoms with van der Waals surface area (Å²) in [5, 5.41) is 2.60. The second-order valence-corrected chi connectivity index (χ2v) is 4.52. The van der Waals surface area contributed by atoms with Crippen molar-refractivity contribution < 1.29 is 13.6 Å². The van der Waals surface area contributed by atoms with E-state index in [-0.39, 0.29) is 12.5 Å². The summed E-state index contributed by atoms with van der Waals surface area (Å²) < 4.78 is 26.2. The summed E-state index contributed by atoms with van der Waals surface area (Å²) in [5.41, 5.74) is 0.859. The third kappa shape index (κ3) is 3.35. The second-order valence-electron chi connectivity index (χ2n) is 3.77. The first-order chi connectivity index (χ1) is 9.08. The van der Waals surface area contributed by atoms with Crippen LogP contribution in [0.1, 0.15) is 15.9 Å². The average molecular weight is 327 g/mol. The highest BCUT2D eigenvalue weighted by Gasteiger charge is 2.10. The summed E-state index contributed by atoms with van der Waals surface area (Å²) in [6, 6.07) is 6.73. The van der Waals surface area contributed by atoms with Crippen molar-refractivity contribution in [3.63, 3.8) is 0 Å². The molecule has 1 aromatic heterocycles. The van der Waals surface area contributed by atoms with Crippen LogP contribution >= 0.6 is 15.9 Å². The van der Waals surface area contributed by atoms with Crippen molar-refractivity contribution in [2.24, 2.45) is 0 Å². The Morgan fingerprint density at radius 2 is 2.05 bits per heavy atom. The average Bonchev–Trinajstić information content (AvgIpc) is 2.40. The molecule has 19 heavy (non-hydrogen) atoms. The van der Waals surface area contributed by atoms with Crippen LogP contribution < -0.4 is 5.32 Å². The monoisotopic (exact) mass is 326 g/mol. The Morgan fingerprint density at radius 1 is 1.26 bits per heavy atom. The van der Waals surface area contributed by atoms with Crippen LogP contribution in [0.15, 0.2) is 41.1 Å². The molecule has 0 atom stereocenters. The number of carbonyl (C=O) groups excluding carboxylic acids is 1. The summed E-state index contributed by atoms with van der Waals surface area (Å²) in [6.45, 7) is 0.108. The van der Waals surface area contributed by atoms with E-state index in [1.807, 2.05) is 0 Å². The first kappa shape index (κ1) is 13.6. The zero-order valence-corrected chi connectivity index (χ0v) is 11.2. The van der Waals surface area contributed by atoms with Gasteiger partial charge >= 0.3 is 0 Å². The van der Waals surface area contributed by atoms with E-state index in [1.54, 1.807) is 18.3 Å². The summed E-state index contributed by atoms with van der Waals surface area (Å²) in [5.74, 6) is -2.19. The zero-order chi connectivity index (χ0) is 13.8. The van der Waals surface area contributed by atoms with Gasteiger partial charge in [0.1, 0.15) is 4.60 Å². The summed E-state index contributed by atoms with van der Waals surface area (Å²) in [7, 11) is 0. The minimum atomic E-state index is -0.936. The molecule has 0 aliphatic rings. The third-order valence-electron chi connectivity index (χ3n) is 2.44. The van der Waals surface area contributed by atoms with Crippen LogP contribution in [0.5, 0.6) is 0 Å². The molecule has 0 fully saturated rings. The molecule has 1 amide bonds. The quantitative estimate of drug-likeness (QED) is 0.881. The Balaban J connectivity index is 2.04. The standard InChI is InChI=1S/C13H9BrF2N2O/c14-12-9(2-1-5-17-12)13(19)18-7-8-3-4-10(15)11(16)6-8/h1-6H,7H2,(H,18,19). The minimum absolute atomic E-state index is 0.108. The van der Waals surface area contributed by atoms with Gasteiger partial charge in [0.2, 0.25) is 0 Å². The largest absolute Gasteiger partial charge is 0.348 e. The highest BCUT2D eigenvalue weighted by atomic mass is 79.9. The zero-order valence-electron chi connectivity index (χ0n) is 9.66. The second kappa shape index (κ2) is 5.88. The van der Waals surface area contributed by atoms with Gasteiger partial charge < -0.3 is 5.32 Å². The van der Waals surface area contributed by atoms with Gasteiger partial charge in [0.05, 0.1) is 5.56 Å². The van der Waals surface area contributed by atoms with Gasteiger partial charge in [-0.05, 0) is 45.8 Å². The molecule has 0 aliphatic carbocycles. The number of pyridine rings is 1. The van der Waals surface area contributed by atoms with Gasteiger partial charge in [0.25, 0.3) is 5.91 Å². The number of hydrogen-bond donors (Lipinski definition) is 1. The Hall–Kier alpha value is -1.82.